The lowest BCUT2D eigenvalue weighted by Crippen LogP contribution is -2.40. The van der Waals surface area contributed by atoms with Crippen LogP contribution in [0.2, 0.25) is 0 Å². The van der Waals surface area contributed by atoms with Crippen LogP contribution in [-0.2, 0) is 11.3 Å². The average Bonchev–Trinajstić information content (AvgIpc) is 3.28. The number of hydrogen-bond acceptors (Lipinski definition) is 5. The van der Waals surface area contributed by atoms with Gasteiger partial charge < -0.3 is 19.7 Å². The highest BCUT2D eigenvalue weighted by Gasteiger charge is 2.31. The van der Waals surface area contributed by atoms with Crippen LogP contribution in [0.1, 0.15) is 26.4 Å². The van der Waals surface area contributed by atoms with Crippen LogP contribution in [0, 0.1) is 0 Å². The topological polar surface area (TPSA) is 85.7 Å². The van der Waals surface area contributed by atoms with E-state index in [-0.39, 0.29) is 17.4 Å². The maximum atomic E-state index is 13.0. The average molecular weight is 524 g/mol. The number of anilines is 1. The zero-order valence-corrected chi connectivity index (χ0v) is 20.1. The first-order chi connectivity index (χ1) is 18.3. The quantitative estimate of drug-likeness (QED) is 0.395. The summed E-state index contributed by atoms with van der Waals surface area (Å²) in [5.41, 5.74) is 2.69. The van der Waals surface area contributed by atoms with E-state index in [2.05, 4.69) is 15.2 Å². The number of ether oxygens (including phenoxy) is 2. The van der Waals surface area contributed by atoms with Gasteiger partial charge in [-0.05, 0) is 48.0 Å². The molecule has 11 heteroatoms. The lowest BCUT2D eigenvalue weighted by molar-refractivity contribution is -0.274. The molecule has 0 bridgehead atoms. The smallest absolute Gasteiger partial charge is 0.406 e. The summed E-state index contributed by atoms with van der Waals surface area (Å²) >= 11 is 0. The number of rotatable bonds is 6. The normalized spacial score (nSPS) is 13.9. The predicted molar refractivity (Wildman–Crippen MR) is 133 cm³/mol. The minimum absolute atomic E-state index is 0.0404. The summed E-state index contributed by atoms with van der Waals surface area (Å²) in [5.74, 6) is -0.930. The number of amides is 2. The first kappa shape index (κ1) is 25.3. The fourth-order valence-electron chi connectivity index (χ4n) is 4.22. The van der Waals surface area contributed by atoms with E-state index in [0.717, 1.165) is 23.2 Å². The molecule has 1 aliphatic rings. The summed E-state index contributed by atoms with van der Waals surface area (Å²) in [4.78, 5) is 27.5. The molecular weight excluding hydrogens is 501 g/mol. The molecule has 5 rings (SSSR count). The van der Waals surface area contributed by atoms with Crippen molar-refractivity contribution in [1.82, 2.24) is 14.7 Å². The van der Waals surface area contributed by atoms with Gasteiger partial charge in [-0.25, -0.2) is 0 Å². The molecule has 2 heterocycles. The van der Waals surface area contributed by atoms with Crippen LogP contribution in [0.3, 0.4) is 0 Å². The molecule has 0 unspecified atom stereocenters. The van der Waals surface area contributed by atoms with Crippen molar-refractivity contribution >= 4 is 28.4 Å². The van der Waals surface area contributed by atoms with Crippen LogP contribution in [-0.4, -0.2) is 59.2 Å². The largest absolute Gasteiger partial charge is 0.573 e. The molecular formula is C27H23F3N4O4. The van der Waals surface area contributed by atoms with Crippen molar-refractivity contribution in [3.05, 3.63) is 89.6 Å². The van der Waals surface area contributed by atoms with Crippen LogP contribution in [0.5, 0.6) is 5.75 Å². The van der Waals surface area contributed by atoms with Gasteiger partial charge in [0.15, 0.2) is 5.69 Å². The Morgan fingerprint density at radius 3 is 2.32 bits per heavy atom. The van der Waals surface area contributed by atoms with Gasteiger partial charge in [0.2, 0.25) is 0 Å². The van der Waals surface area contributed by atoms with Gasteiger partial charge in [0.1, 0.15) is 5.75 Å². The number of carbonyl (C=O) groups excluding carboxylic acids is 2. The number of carbonyl (C=O) groups is 2. The number of morpholine rings is 1. The summed E-state index contributed by atoms with van der Waals surface area (Å²) in [7, 11) is 0. The third-order valence-electron chi connectivity index (χ3n) is 6.05. The molecule has 1 aromatic heterocycles. The van der Waals surface area contributed by atoms with Crippen molar-refractivity contribution in [3.8, 4) is 5.75 Å². The zero-order chi connectivity index (χ0) is 26.7. The number of fused-ring (bicyclic) bond motifs is 1. The van der Waals surface area contributed by atoms with Crippen molar-refractivity contribution in [1.29, 1.82) is 0 Å². The van der Waals surface area contributed by atoms with Gasteiger partial charge in [0, 0.05) is 29.7 Å². The van der Waals surface area contributed by atoms with Gasteiger partial charge in [-0.3, -0.25) is 14.3 Å². The fraction of sp³-hybridized carbons (Fsp3) is 0.222. The zero-order valence-electron chi connectivity index (χ0n) is 20.1. The molecule has 0 atom stereocenters. The maximum Gasteiger partial charge on any atom is 0.573 e. The highest BCUT2D eigenvalue weighted by molar-refractivity contribution is 6.11. The Kier molecular flexibility index (Phi) is 7.01. The molecule has 38 heavy (non-hydrogen) atoms. The van der Waals surface area contributed by atoms with E-state index in [0.29, 0.717) is 49.5 Å². The van der Waals surface area contributed by atoms with Gasteiger partial charge in [-0.15, -0.1) is 13.2 Å². The lowest BCUT2D eigenvalue weighted by atomic mass is 10.1. The fourth-order valence-corrected chi connectivity index (χ4v) is 4.22. The Hall–Kier alpha value is -4.38. The number of benzene rings is 3. The Balaban J connectivity index is 1.32. The van der Waals surface area contributed by atoms with Crippen molar-refractivity contribution in [2.24, 2.45) is 0 Å². The van der Waals surface area contributed by atoms with Crippen LogP contribution >= 0.6 is 0 Å². The lowest BCUT2D eigenvalue weighted by Gasteiger charge is -2.26. The molecule has 0 saturated carbocycles. The van der Waals surface area contributed by atoms with Gasteiger partial charge in [0.25, 0.3) is 11.8 Å². The van der Waals surface area contributed by atoms with Gasteiger partial charge in [0.05, 0.1) is 25.3 Å². The highest BCUT2D eigenvalue weighted by atomic mass is 19.4. The number of halogens is 3. The Morgan fingerprint density at radius 2 is 1.63 bits per heavy atom. The maximum absolute atomic E-state index is 13.0. The van der Waals surface area contributed by atoms with E-state index < -0.39 is 12.3 Å². The standard InChI is InChI=1S/C27H23F3N4O4/c28-27(29,30)38-21-11-9-20(10-12-21)31-25(35)24-22-3-1-2-4-23(22)34(32-24)17-18-5-7-19(8-6-18)26(36)33-13-15-37-16-14-33/h1-12H,13-17H2,(H,31,35). The summed E-state index contributed by atoms with van der Waals surface area (Å²) in [6, 6.07) is 19.4. The second-order valence-corrected chi connectivity index (χ2v) is 8.65. The van der Waals surface area contributed by atoms with E-state index in [9.17, 15) is 22.8 Å². The number of hydrogen-bond donors (Lipinski definition) is 1. The molecule has 8 nitrogen and oxygen atoms in total. The first-order valence-electron chi connectivity index (χ1n) is 11.9. The van der Waals surface area contributed by atoms with Crippen molar-refractivity contribution in [2.45, 2.75) is 12.9 Å². The monoisotopic (exact) mass is 524 g/mol. The molecule has 4 aromatic rings. The van der Waals surface area contributed by atoms with E-state index in [1.807, 2.05) is 24.3 Å². The number of alkyl halides is 3. The summed E-state index contributed by atoms with van der Waals surface area (Å²) in [6.45, 7) is 2.56. The number of nitrogens with zero attached hydrogens (tertiary/aromatic N) is 3. The molecule has 196 valence electrons. The molecule has 1 N–H and O–H groups in total. The minimum Gasteiger partial charge on any atom is -0.406 e. The van der Waals surface area contributed by atoms with Crippen LogP contribution in [0.25, 0.3) is 10.9 Å². The molecule has 2 amide bonds. The third kappa shape index (κ3) is 5.78. The van der Waals surface area contributed by atoms with Gasteiger partial charge in [-0.1, -0.05) is 30.3 Å². The number of nitrogens with one attached hydrogen (secondary N) is 1. The molecule has 0 spiro atoms. The van der Waals surface area contributed by atoms with E-state index >= 15 is 0 Å². The molecule has 1 fully saturated rings. The van der Waals surface area contributed by atoms with Crippen LogP contribution in [0.4, 0.5) is 18.9 Å². The molecule has 1 saturated heterocycles. The molecule has 0 aliphatic carbocycles. The van der Waals surface area contributed by atoms with Crippen molar-refractivity contribution in [2.75, 3.05) is 31.6 Å². The van der Waals surface area contributed by atoms with Gasteiger partial charge >= 0.3 is 6.36 Å². The highest BCUT2D eigenvalue weighted by Crippen LogP contribution is 2.25. The summed E-state index contributed by atoms with van der Waals surface area (Å²) in [5, 5.41) is 7.81. The van der Waals surface area contributed by atoms with E-state index in [4.69, 9.17) is 4.74 Å². The number of para-hydroxylation sites is 1. The van der Waals surface area contributed by atoms with Gasteiger partial charge in [-0.2, -0.15) is 5.10 Å². The molecule has 3 aromatic carbocycles. The Bertz CT molecular complexity index is 1440. The SMILES string of the molecule is O=C(Nc1ccc(OC(F)(F)F)cc1)c1nn(Cc2ccc(C(=O)N3CCOCC3)cc2)c2ccccc12. The van der Waals surface area contributed by atoms with Crippen LogP contribution < -0.4 is 10.1 Å². The Labute approximate surface area is 215 Å². The van der Waals surface area contributed by atoms with Crippen LogP contribution in [0.15, 0.2) is 72.8 Å². The second-order valence-electron chi connectivity index (χ2n) is 8.65. The Morgan fingerprint density at radius 1 is 0.947 bits per heavy atom. The summed E-state index contributed by atoms with van der Waals surface area (Å²) in [6.07, 6.45) is -4.80. The third-order valence-corrected chi connectivity index (χ3v) is 6.05. The predicted octanol–water partition coefficient (Wildman–Crippen LogP) is 4.71. The van der Waals surface area contributed by atoms with Crippen molar-refractivity contribution in [3.63, 3.8) is 0 Å². The minimum atomic E-state index is -4.80. The molecule has 0 radical (unpaired) electrons. The number of aromatic nitrogens is 2. The van der Waals surface area contributed by atoms with Crippen molar-refractivity contribution < 1.29 is 32.2 Å². The first-order valence-corrected chi connectivity index (χ1v) is 11.9. The van der Waals surface area contributed by atoms with E-state index in [1.54, 1.807) is 33.8 Å². The molecule has 1 aliphatic heterocycles. The summed E-state index contributed by atoms with van der Waals surface area (Å²) < 4.78 is 48.0. The second kappa shape index (κ2) is 10.5. The van der Waals surface area contributed by atoms with E-state index in [1.165, 1.54) is 12.1 Å².